The van der Waals surface area contributed by atoms with Crippen molar-refractivity contribution < 1.29 is 18.3 Å². The number of alkyl halides is 3. The molecule has 0 aromatic rings. The van der Waals surface area contributed by atoms with E-state index in [1.807, 2.05) is 6.92 Å². The van der Waals surface area contributed by atoms with Gasteiger partial charge in [0, 0.05) is 13.1 Å². The summed E-state index contributed by atoms with van der Waals surface area (Å²) in [6.45, 7) is 0.968. The first-order valence-electron chi connectivity index (χ1n) is 4.40. The second-order valence-corrected chi connectivity index (χ2v) is 3.73. The molecule has 0 saturated heterocycles. The van der Waals surface area contributed by atoms with E-state index < -0.39 is 12.7 Å². The van der Waals surface area contributed by atoms with Crippen molar-refractivity contribution in [2.24, 2.45) is 5.92 Å². The molecule has 0 rings (SSSR count). The number of aliphatic hydroxyl groups is 1. The Bertz CT molecular complexity index is 154. The highest BCUT2D eigenvalue weighted by molar-refractivity contribution is 7.80. The highest BCUT2D eigenvalue weighted by Gasteiger charge is 2.30. The van der Waals surface area contributed by atoms with Gasteiger partial charge in [-0.15, -0.1) is 0 Å². The van der Waals surface area contributed by atoms with Crippen LogP contribution in [0.5, 0.6) is 0 Å². The van der Waals surface area contributed by atoms with E-state index in [4.69, 9.17) is 5.11 Å². The lowest BCUT2D eigenvalue weighted by Crippen LogP contribution is -2.39. The van der Waals surface area contributed by atoms with Gasteiger partial charge in [0.2, 0.25) is 0 Å². The predicted molar refractivity (Wildman–Crippen MR) is 52.6 cm³/mol. The van der Waals surface area contributed by atoms with Crippen molar-refractivity contribution in [2.75, 3.05) is 32.0 Å². The SMILES string of the molecule is CC(CS)CN(CCO)CC(F)(F)F. The van der Waals surface area contributed by atoms with E-state index in [0.717, 1.165) is 0 Å². The minimum Gasteiger partial charge on any atom is -0.395 e. The monoisotopic (exact) mass is 231 g/mol. The molecule has 86 valence electrons. The largest absolute Gasteiger partial charge is 0.401 e. The van der Waals surface area contributed by atoms with Crippen molar-refractivity contribution >= 4 is 12.6 Å². The molecule has 0 saturated carbocycles. The van der Waals surface area contributed by atoms with E-state index in [1.54, 1.807) is 0 Å². The Balaban J connectivity index is 4.01. The van der Waals surface area contributed by atoms with Gasteiger partial charge in [-0.1, -0.05) is 6.92 Å². The maximum atomic E-state index is 12.0. The Morgan fingerprint density at radius 3 is 2.36 bits per heavy atom. The molecule has 1 unspecified atom stereocenters. The quantitative estimate of drug-likeness (QED) is 0.675. The van der Waals surface area contributed by atoms with Gasteiger partial charge in [0.1, 0.15) is 0 Å². The smallest absolute Gasteiger partial charge is 0.395 e. The van der Waals surface area contributed by atoms with Crippen LogP contribution in [-0.4, -0.2) is 48.2 Å². The van der Waals surface area contributed by atoms with Crippen LogP contribution in [0, 0.1) is 5.92 Å². The van der Waals surface area contributed by atoms with Crippen LogP contribution < -0.4 is 0 Å². The van der Waals surface area contributed by atoms with Gasteiger partial charge >= 0.3 is 6.18 Å². The highest BCUT2D eigenvalue weighted by atomic mass is 32.1. The third kappa shape index (κ3) is 7.46. The maximum absolute atomic E-state index is 12.0. The summed E-state index contributed by atoms with van der Waals surface area (Å²) in [4.78, 5) is 1.20. The zero-order chi connectivity index (χ0) is 11.2. The van der Waals surface area contributed by atoms with Crippen LogP contribution in [0.1, 0.15) is 6.92 Å². The lowest BCUT2D eigenvalue weighted by atomic mass is 10.2. The number of halogens is 3. The molecule has 0 aliphatic rings. The first-order valence-corrected chi connectivity index (χ1v) is 5.03. The molecule has 1 N–H and O–H groups in total. The Hall–Kier alpha value is 0.0600. The molecule has 0 aromatic heterocycles. The fourth-order valence-electron chi connectivity index (χ4n) is 1.13. The van der Waals surface area contributed by atoms with E-state index in [9.17, 15) is 13.2 Å². The van der Waals surface area contributed by atoms with Crippen molar-refractivity contribution in [1.82, 2.24) is 4.90 Å². The summed E-state index contributed by atoms with van der Waals surface area (Å²) in [5.41, 5.74) is 0. The second-order valence-electron chi connectivity index (χ2n) is 3.36. The van der Waals surface area contributed by atoms with Crippen LogP contribution in [0.3, 0.4) is 0 Å². The first-order chi connectivity index (χ1) is 6.39. The fourth-order valence-corrected chi connectivity index (χ4v) is 1.24. The minimum atomic E-state index is -4.20. The van der Waals surface area contributed by atoms with Gasteiger partial charge in [0.25, 0.3) is 0 Å². The Kier molecular flexibility index (Phi) is 6.55. The van der Waals surface area contributed by atoms with Crippen molar-refractivity contribution in [2.45, 2.75) is 13.1 Å². The normalized spacial score (nSPS) is 14.8. The standard InChI is InChI=1S/C8H16F3NOS/c1-7(5-14)4-12(2-3-13)6-8(9,10)11/h7,13-14H,2-6H2,1H3. The zero-order valence-electron chi connectivity index (χ0n) is 8.09. The van der Waals surface area contributed by atoms with Gasteiger partial charge in [0.15, 0.2) is 0 Å². The number of hydrogen-bond donors (Lipinski definition) is 2. The number of hydrogen-bond acceptors (Lipinski definition) is 3. The summed E-state index contributed by atoms with van der Waals surface area (Å²) in [6, 6.07) is 0. The number of aliphatic hydroxyl groups excluding tert-OH is 1. The first kappa shape index (κ1) is 14.1. The van der Waals surface area contributed by atoms with E-state index in [1.165, 1.54) is 4.90 Å². The van der Waals surface area contributed by atoms with E-state index in [0.29, 0.717) is 12.3 Å². The van der Waals surface area contributed by atoms with Crippen LogP contribution in [-0.2, 0) is 0 Å². The second kappa shape index (κ2) is 6.53. The summed E-state index contributed by atoms with van der Waals surface area (Å²) in [6.07, 6.45) is -4.20. The number of rotatable bonds is 6. The topological polar surface area (TPSA) is 23.5 Å². The number of nitrogens with zero attached hydrogens (tertiary/aromatic N) is 1. The van der Waals surface area contributed by atoms with Crippen LogP contribution in [0.4, 0.5) is 13.2 Å². The number of thiol groups is 1. The van der Waals surface area contributed by atoms with Gasteiger partial charge in [-0.05, 0) is 11.7 Å². The lowest BCUT2D eigenvalue weighted by Gasteiger charge is -2.25. The third-order valence-electron chi connectivity index (χ3n) is 1.70. The average molecular weight is 231 g/mol. The molecule has 6 heteroatoms. The molecule has 0 aromatic carbocycles. The van der Waals surface area contributed by atoms with Crippen molar-refractivity contribution in [3.05, 3.63) is 0 Å². The Morgan fingerprint density at radius 1 is 1.43 bits per heavy atom. The summed E-state index contributed by atoms with van der Waals surface area (Å²) >= 11 is 4.00. The van der Waals surface area contributed by atoms with E-state index >= 15 is 0 Å². The third-order valence-corrected chi connectivity index (χ3v) is 2.32. The van der Waals surface area contributed by atoms with Gasteiger partial charge in [-0.3, -0.25) is 4.90 Å². The molecule has 0 heterocycles. The predicted octanol–water partition coefficient (Wildman–Crippen LogP) is 1.41. The van der Waals surface area contributed by atoms with Crippen LogP contribution in [0.15, 0.2) is 0 Å². The van der Waals surface area contributed by atoms with Crippen molar-refractivity contribution in [3.63, 3.8) is 0 Å². The van der Waals surface area contributed by atoms with Gasteiger partial charge in [-0.25, -0.2) is 0 Å². The van der Waals surface area contributed by atoms with Crippen LogP contribution in [0.2, 0.25) is 0 Å². The molecule has 0 amide bonds. The molecular formula is C8H16F3NOS. The average Bonchev–Trinajstić information content (AvgIpc) is 2.01. The Labute approximate surface area is 87.5 Å². The molecule has 14 heavy (non-hydrogen) atoms. The summed E-state index contributed by atoms with van der Waals surface area (Å²) in [5.74, 6) is 0.631. The van der Waals surface area contributed by atoms with Crippen molar-refractivity contribution in [1.29, 1.82) is 0 Å². The summed E-state index contributed by atoms with van der Waals surface area (Å²) in [5, 5.41) is 8.59. The van der Waals surface area contributed by atoms with Gasteiger partial charge in [-0.2, -0.15) is 25.8 Å². The molecule has 0 bridgehead atoms. The van der Waals surface area contributed by atoms with E-state index in [2.05, 4.69) is 12.6 Å². The maximum Gasteiger partial charge on any atom is 0.401 e. The van der Waals surface area contributed by atoms with Crippen LogP contribution in [0.25, 0.3) is 0 Å². The molecule has 0 spiro atoms. The molecule has 0 radical (unpaired) electrons. The zero-order valence-corrected chi connectivity index (χ0v) is 8.98. The molecular weight excluding hydrogens is 215 g/mol. The minimum absolute atomic E-state index is 0.0532. The van der Waals surface area contributed by atoms with E-state index in [-0.39, 0.29) is 19.1 Å². The van der Waals surface area contributed by atoms with Crippen molar-refractivity contribution in [3.8, 4) is 0 Å². The fraction of sp³-hybridized carbons (Fsp3) is 1.00. The van der Waals surface area contributed by atoms with Gasteiger partial charge < -0.3 is 5.11 Å². The molecule has 2 nitrogen and oxygen atoms in total. The summed E-state index contributed by atoms with van der Waals surface area (Å²) < 4.78 is 36.1. The molecule has 0 aliphatic heterocycles. The molecule has 0 aliphatic carbocycles. The lowest BCUT2D eigenvalue weighted by molar-refractivity contribution is -0.147. The molecule has 1 atom stereocenters. The van der Waals surface area contributed by atoms with Gasteiger partial charge in [0.05, 0.1) is 13.2 Å². The van der Waals surface area contributed by atoms with Crippen LogP contribution >= 0.6 is 12.6 Å². The Morgan fingerprint density at radius 2 is 2.00 bits per heavy atom. The highest BCUT2D eigenvalue weighted by Crippen LogP contribution is 2.17. The molecule has 0 fully saturated rings. The summed E-state index contributed by atoms with van der Waals surface area (Å²) in [7, 11) is 0.